The van der Waals surface area contributed by atoms with E-state index in [1.54, 1.807) is 13.3 Å². The van der Waals surface area contributed by atoms with Crippen molar-refractivity contribution in [3.05, 3.63) is 44.8 Å². The van der Waals surface area contributed by atoms with Crippen LogP contribution in [0.5, 0.6) is 5.88 Å². The highest BCUT2D eigenvalue weighted by Gasteiger charge is 2.05. The van der Waals surface area contributed by atoms with Crippen LogP contribution in [0.3, 0.4) is 0 Å². The molecular weight excluding hydrogens is 248 g/mol. The predicted molar refractivity (Wildman–Crippen MR) is 70.6 cm³/mol. The first-order valence-electron chi connectivity index (χ1n) is 5.36. The van der Waals surface area contributed by atoms with E-state index < -0.39 is 0 Å². The first kappa shape index (κ1) is 10.9. The molecule has 90 valence electrons. The van der Waals surface area contributed by atoms with Crippen molar-refractivity contribution >= 4 is 24.5 Å². The van der Waals surface area contributed by atoms with Crippen molar-refractivity contribution in [2.45, 2.75) is 0 Å². The molecule has 0 saturated carbocycles. The van der Waals surface area contributed by atoms with E-state index in [4.69, 9.17) is 12.2 Å². The molecule has 0 aliphatic carbocycles. The third-order valence-electron chi connectivity index (χ3n) is 2.83. The Bertz CT molecular complexity index is 829. The van der Waals surface area contributed by atoms with Gasteiger partial charge >= 0.3 is 0 Å². The first-order chi connectivity index (χ1) is 8.65. The topological polar surface area (TPSA) is 65.7 Å². The number of fused-ring (bicyclic) bond motifs is 1. The van der Waals surface area contributed by atoms with Crippen LogP contribution in [-0.4, -0.2) is 20.9 Å². The zero-order chi connectivity index (χ0) is 12.7. The van der Waals surface area contributed by atoms with Gasteiger partial charge in [-0.1, -0.05) is 6.07 Å². The summed E-state index contributed by atoms with van der Waals surface area (Å²) < 4.78 is 2.00. The van der Waals surface area contributed by atoms with E-state index in [0.717, 1.165) is 16.1 Å². The van der Waals surface area contributed by atoms with Crippen molar-refractivity contribution in [1.82, 2.24) is 9.55 Å². The third kappa shape index (κ3) is 1.67. The highest BCUT2D eigenvalue weighted by atomic mass is 32.1. The zero-order valence-electron chi connectivity index (χ0n) is 9.58. The van der Waals surface area contributed by atoms with Gasteiger partial charge < -0.3 is 10.1 Å². The second-order valence-corrected chi connectivity index (χ2v) is 4.42. The number of hydrogen-bond acceptors (Lipinski definition) is 4. The van der Waals surface area contributed by atoms with Crippen molar-refractivity contribution < 1.29 is 5.11 Å². The third-order valence-corrected chi connectivity index (χ3v) is 3.21. The number of rotatable bonds is 1. The Labute approximate surface area is 107 Å². The zero-order valence-corrected chi connectivity index (χ0v) is 10.4. The average Bonchev–Trinajstić information content (AvgIpc) is 2.91. The van der Waals surface area contributed by atoms with Crippen LogP contribution in [0.2, 0.25) is 0 Å². The molecule has 2 aromatic rings. The molecule has 3 rings (SSSR count). The second-order valence-electron chi connectivity index (χ2n) is 4.03. The summed E-state index contributed by atoms with van der Waals surface area (Å²) in [7, 11) is 1.71. The molecule has 0 radical (unpaired) electrons. The molecule has 18 heavy (non-hydrogen) atoms. The van der Waals surface area contributed by atoms with E-state index in [2.05, 4.69) is 15.2 Å². The number of imidazole rings is 1. The largest absolute Gasteiger partial charge is 0.493 e. The fraction of sp³-hybridized carbons (Fsp3) is 0.0833. The molecule has 0 unspecified atom stereocenters. The molecule has 6 heteroatoms. The highest BCUT2D eigenvalue weighted by Crippen LogP contribution is 2.15. The molecule has 1 aromatic carbocycles. The number of nitrogens with zero attached hydrogens (tertiary/aromatic N) is 3. The Morgan fingerprint density at radius 1 is 1.44 bits per heavy atom. The molecule has 1 aromatic heterocycles. The maximum Gasteiger partial charge on any atom is 0.217 e. The van der Waals surface area contributed by atoms with E-state index >= 15 is 0 Å². The van der Waals surface area contributed by atoms with E-state index in [9.17, 15) is 5.11 Å². The summed E-state index contributed by atoms with van der Waals surface area (Å²) >= 11 is 5.05. The summed E-state index contributed by atoms with van der Waals surface area (Å²) in [6.07, 6.45) is 3.54. The lowest BCUT2D eigenvalue weighted by Gasteiger charge is -1.93. The Balaban J connectivity index is 2.18. The molecule has 0 saturated heterocycles. The number of aromatic amines is 1. The van der Waals surface area contributed by atoms with Crippen molar-refractivity contribution in [3.8, 4) is 5.88 Å². The summed E-state index contributed by atoms with van der Waals surface area (Å²) in [4.78, 5) is 2.94. The fourth-order valence-electron chi connectivity index (χ4n) is 1.81. The van der Waals surface area contributed by atoms with Gasteiger partial charge in [-0.15, -0.1) is 0 Å². The van der Waals surface area contributed by atoms with Crippen molar-refractivity contribution in [3.63, 3.8) is 0 Å². The van der Waals surface area contributed by atoms with E-state index in [1.165, 1.54) is 4.57 Å². The van der Waals surface area contributed by atoms with Crippen LogP contribution in [0.25, 0.3) is 6.08 Å². The normalized spacial score (nSPS) is 13.7. The molecule has 0 spiro atoms. The van der Waals surface area contributed by atoms with Crippen LogP contribution in [-0.2, 0) is 7.05 Å². The molecule has 5 nitrogen and oxygen atoms in total. The van der Waals surface area contributed by atoms with Crippen LogP contribution in [0.1, 0.15) is 11.3 Å². The van der Waals surface area contributed by atoms with Crippen molar-refractivity contribution in [1.29, 1.82) is 0 Å². The Hall–Kier alpha value is -2.21. The van der Waals surface area contributed by atoms with Gasteiger partial charge in [-0.3, -0.25) is 4.57 Å². The van der Waals surface area contributed by atoms with Crippen molar-refractivity contribution in [2.75, 3.05) is 0 Å². The summed E-state index contributed by atoms with van der Waals surface area (Å²) in [5, 5.41) is 19.5. The predicted octanol–water partition coefficient (Wildman–Crippen LogP) is 0.584. The van der Waals surface area contributed by atoms with Gasteiger partial charge in [0, 0.05) is 12.6 Å². The molecule has 0 amide bonds. The van der Waals surface area contributed by atoms with Crippen LogP contribution < -0.4 is 10.6 Å². The van der Waals surface area contributed by atoms with E-state index in [0.29, 0.717) is 10.5 Å². The van der Waals surface area contributed by atoms with Gasteiger partial charge in [-0.2, -0.15) is 10.2 Å². The highest BCUT2D eigenvalue weighted by molar-refractivity contribution is 7.71. The average molecular weight is 258 g/mol. The van der Waals surface area contributed by atoms with Crippen LogP contribution in [0.15, 0.2) is 28.4 Å². The van der Waals surface area contributed by atoms with Gasteiger partial charge in [0.05, 0.1) is 11.6 Å². The minimum atomic E-state index is 0.124. The SMILES string of the molecule is Cn1c(O)c(/C=c2\ccc3c(c2)C=NN=3)[nH]c1=S. The maximum atomic E-state index is 9.86. The van der Waals surface area contributed by atoms with Crippen molar-refractivity contribution in [2.24, 2.45) is 17.3 Å². The number of nitrogens with one attached hydrogen (secondary N) is 1. The quantitative estimate of drug-likeness (QED) is 0.735. The second kappa shape index (κ2) is 3.92. The van der Waals surface area contributed by atoms with Gasteiger partial charge in [-0.05, 0) is 35.6 Å². The standard InChI is InChI=1S/C12H10N4OS/c1-16-11(17)10(14-12(16)18)5-7-2-3-9-8(4-7)6-13-15-9/h2-6,17H,1H3,(H,14,18)/b7-5+. The molecular formula is C12H10N4OS. The molecule has 2 heterocycles. The maximum absolute atomic E-state index is 9.86. The van der Waals surface area contributed by atoms with Crippen LogP contribution >= 0.6 is 12.2 Å². The van der Waals surface area contributed by atoms with Gasteiger partial charge in [0.1, 0.15) is 5.69 Å². The lowest BCUT2D eigenvalue weighted by atomic mass is 10.2. The number of hydrogen-bond donors (Lipinski definition) is 2. The first-order valence-corrected chi connectivity index (χ1v) is 5.77. The number of aromatic hydroxyl groups is 1. The van der Waals surface area contributed by atoms with Gasteiger partial charge in [0.2, 0.25) is 5.88 Å². The smallest absolute Gasteiger partial charge is 0.217 e. The van der Waals surface area contributed by atoms with Gasteiger partial charge in [0.15, 0.2) is 4.77 Å². The summed E-state index contributed by atoms with van der Waals surface area (Å²) in [5.74, 6) is 0.124. The monoisotopic (exact) mass is 258 g/mol. The number of H-pyrrole nitrogens is 1. The minimum absolute atomic E-state index is 0.124. The van der Waals surface area contributed by atoms with Gasteiger partial charge in [0.25, 0.3) is 0 Å². The molecule has 0 atom stereocenters. The molecule has 1 aliphatic heterocycles. The summed E-state index contributed by atoms with van der Waals surface area (Å²) in [6, 6.07) is 5.77. The lowest BCUT2D eigenvalue weighted by Crippen LogP contribution is -2.11. The van der Waals surface area contributed by atoms with Crippen LogP contribution in [0, 0.1) is 4.77 Å². The number of benzene rings is 1. The summed E-state index contributed by atoms with van der Waals surface area (Å²) in [6.45, 7) is 0. The molecule has 0 fully saturated rings. The Kier molecular flexibility index (Phi) is 2.38. The number of aromatic nitrogens is 2. The molecule has 2 N–H and O–H groups in total. The van der Waals surface area contributed by atoms with E-state index in [1.807, 2.05) is 24.3 Å². The molecule has 0 bridgehead atoms. The van der Waals surface area contributed by atoms with Gasteiger partial charge in [-0.25, -0.2) is 0 Å². The van der Waals surface area contributed by atoms with E-state index in [-0.39, 0.29) is 5.88 Å². The Morgan fingerprint density at radius 2 is 2.28 bits per heavy atom. The minimum Gasteiger partial charge on any atom is -0.493 e. The Morgan fingerprint density at radius 3 is 3.00 bits per heavy atom. The fourth-order valence-corrected chi connectivity index (χ4v) is 2.01. The summed E-state index contributed by atoms with van der Waals surface area (Å²) in [5.41, 5.74) is 1.56. The lowest BCUT2D eigenvalue weighted by molar-refractivity contribution is 0.430. The van der Waals surface area contributed by atoms with Crippen LogP contribution in [0.4, 0.5) is 0 Å². The molecule has 1 aliphatic rings.